The van der Waals surface area contributed by atoms with Crippen LogP contribution in [-0.4, -0.2) is 27.3 Å². The van der Waals surface area contributed by atoms with E-state index in [4.69, 9.17) is 0 Å². The van der Waals surface area contributed by atoms with Crippen molar-refractivity contribution in [3.63, 3.8) is 0 Å². The Kier molecular flexibility index (Phi) is 3.72. The van der Waals surface area contributed by atoms with Crippen LogP contribution < -0.4 is 5.32 Å². The van der Waals surface area contributed by atoms with Crippen LogP contribution in [0.1, 0.15) is 23.1 Å². The molecule has 2 aliphatic rings. The lowest BCUT2D eigenvalue weighted by atomic mass is 9.78. The van der Waals surface area contributed by atoms with Gasteiger partial charge in [0.15, 0.2) is 0 Å². The highest BCUT2D eigenvalue weighted by Crippen LogP contribution is 2.34. The molecule has 1 fully saturated rings. The number of carbonyl (C=O) groups is 2. The summed E-state index contributed by atoms with van der Waals surface area (Å²) in [5.41, 5.74) is 2.07. The summed E-state index contributed by atoms with van der Waals surface area (Å²) in [5.74, 6) is -0.227. The zero-order valence-corrected chi connectivity index (χ0v) is 14.0. The van der Waals surface area contributed by atoms with E-state index in [1.807, 2.05) is 18.2 Å². The molecule has 1 unspecified atom stereocenters. The molecule has 3 amide bonds. The average Bonchev–Trinajstić information content (AvgIpc) is 2.86. The molecule has 2 aromatic carbocycles. The molecule has 1 atom stereocenters. The van der Waals surface area contributed by atoms with Gasteiger partial charge in [-0.2, -0.15) is 0 Å². The molecular weight excluding hydrogens is 334 g/mol. The number of non-ortho nitro benzene ring substituents is 1. The smallest absolute Gasteiger partial charge is 0.323 e. The molecule has 1 spiro atoms. The predicted molar refractivity (Wildman–Crippen MR) is 93.4 cm³/mol. The number of benzene rings is 2. The van der Waals surface area contributed by atoms with Gasteiger partial charge in [-0.15, -0.1) is 0 Å². The molecule has 2 aromatic rings. The Morgan fingerprint density at radius 2 is 1.77 bits per heavy atom. The van der Waals surface area contributed by atoms with E-state index in [0.717, 1.165) is 12.0 Å². The molecule has 26 heavy (non-hydrogen) atoms. The van der Waals surface area contributed by atoms with Gasteiger partial charge in [0.25, 0.3) is 11.6 Å². The molecule has 4 rings (SSSR count). The first-order valence-electron chi connectivity index (χ1n) is 8.43. The van der Waals surface area contributed by atoms with E-state index >= 15 is 0 Å². The van der Waals surface area contributed by atoms with Crippen LogP contribution >= 0.6 is 0 Å². The number of aryl methyl sites for hydroxylation is 1. The van der Waals surface area contributed by atoms with Gasteiger partial charge in [-0.3, -0.25) is 19.8 Å². The Morgan fingerprint density at radius 3 is 2.46 bits per heavy atom. The largest absolute Gasteiger partial charge is 0.325 e. The van der Waals surface area contributed by atoms with Crippen LogP contribution in [0.15, 0.2) is 48.5 Å². The van der Waals surface area contributed by atoms with Crippen molar-refractivity contribution in [2.75, 3.05) is 0 Å². The molecule has 0 bridgehead atoms. The second-order valence-corrected chi connectivity index (χ2v) is 6.77. The van der Waals surface area contributed by atoms with Crippen molar-refractivity contribution in [1.29, 1.82) is 0 Å². The summed E-state index contributed by atoms with van der Waals surface area (Å²) < 4.78 is 0. The fourth-order valence-electron chi connectivity index (χ4n) is 3.75. The highest BCUT2D eigenvalue weighted by Gasteiger charge is 2.52. The highest BCUT2D eigenvalue weighted by atomic mass is 16.6. The van der Waals surface area contributed by atoms with Crippen molar-refractivity contribution in [1.82, 2.24) is 10.2 Å². The van der Waals surface area contributed by atoms with E-state index < -0.39 is 16.5 Å². The number of hydrogen-bond donors (Lipinski definition) is 1. The number of imide groups is 1. The number of rotatable bonds is 3. The van der Waals surface area contributed by atoms with Crippen LogP contribution in [0.4, 0.5) is 10.5 Å². The first-order valence-corrected chi connectivity index (χ1v) is 8.43. The molecule has 7 heteroatoms. The van der Waals surface area contributed by atoms with Crippen molar-refractivity contribution >= 4 is 17.6 Å². The topological polar surface area (TPSA) is 92.6 Å². The minimum atomic E-state index is -0.883. The third-order valence-corrected chi connectivity index (χ3v) is 5.17. The third kappa shape index (κ3) is 2.61. The molecule has 1 aliphatic heterocycles. The lowest BCUT2D eigenvalue weighted by Gasteiger charge is -2.32. The number of fused-ring (bicyclic) bond motifs is 1. The SMILES string of the molecule is O=C1NC2(CCc3ccccc3C2)C(=O)N1Cc1ccc([N+](=O)[O-])cc1. The summed E-state index contributed by atoms with van der Waals surface area (Å²) in [4.78, 5) is 36.9. The van der Waals surface area contributed by atoms with Gasteiger partial charge in [-0.05, 0) is 29.5 Å². The molecular formula is C19H17N3O4. The van der Waals surface area contributed by atoms with Crippen molar-refractivity contribution in [3.05, 3.63) is 75.3 Å². The summed E-state index contributed by atoms with van der Waals surface area (Å²) in [7, 11) is 0. The van der Waals surface area contributed by atoms with E-state index in [1.165, 1.54) is 22.6 Å². The molecule has 1 saturated heterocycles. The monoisotopic (exact) mass is 351 g/mol. The lowest BCUT2D eigenvalue weighted by Crippen LogP contribution is -2.51. The van der Waals surface area contributed by atoms with E-state index in [0.29, 0.717) is 18.4 Å². The Bertz CT molecular complexity index is 909. The zero-order chi connectivity index (χ0) is 18.3. The van der Waals surface area contributed by atoms with Crippen LogP contribution in [0.3, 0.4) is 0 Å². The fraction of sp³-hybridized carbons (Fsp3) is 0.263. The summed E-state index contributed by atoms with van der Waals surface area (Å²) in [6, 6.07) is 13.4. The van der Waals surface area contributed by atoms with Gasteiger partial charge in [0, 0.05) is 18.6 Å². The molecule has 132 valence electrons. The van der Waals surface area contributed by atoms with Gasteiger partial charge in [0.05, 0.1) is 11.5 Å². The van der Waals surface area contributed by atoms with E-state index in [2.05, 4.69) is 11.4 Å². The van der Waals surface area contributed by atoms with Crippen molar-refractivity contribution < 1.29 is 14.5 Å². The van der Waals surface area contributed by atoms with E-state index in [1.54, 1.807) is 12.1 Å². The molecule has 1 heterocycles. The quantitative estimate of drug-likeness (QED) is 0.522. The number of amides is 3. The molecule has 7 nitrogen and oxygen atoms in total. The van der Waals surface area contributed by atoms with Gasteiger partial charge in [0.2, 0.25) is 0 Å². The number of urea groups is 1. The number of hydrogen-bond acceptors (Lipinski definition) is 4. The van der Waals surface area contributed by atoms with Crippen molar-refractivity contribution in [2.24, 2.45) is 0 Å². The van der Waals surface area contributed by atoms with E-state index in [-0.39, 0.29) is 18.1 Å². The number of nitrogens with zero attached hydrogens (tertiary/aromatic N) is 2. The number of nitro benzene ring substituents is 1. The van der Waals surface area contributed by atoms with Crippen molar-refractivity contribution in [3.8, 4) is 0 Å². The normalized spacial score (nSPS) is 21.6. The fourth-order valence-corrected chi connectivity index (χ4v) is 3.75. The Balaban J connectivity index is 1.55. The van der Waals surface area contributed by atoms with Crippen LogP contribution in [0.2, 0.25) is 0 Å². The number of nitro groups is 1. The molecule has 0 aromatic heterocycles. The maximum Gasteiger partial charge on any atom is 0.325 e. The standard InChI is InChI=1S/C19H17N3O4/c23-17-19(10-9-14-3-1-2-4-15(14)11-19)20-18(24)21(17)12-13-5-7-16(8-6-13)22(25)26/h1-8H,9-12H2,(H,20,24). The summed E-state index contributed by atoms with van der Waals surface area (Å²) >= 11 is 0. The van der Waals surface area contributed by atoms with Gasteiger partial charge in [-0.25, -0.2) is 4.79 Å². The Morgan fingerprint density at radius 1 is 1.08 bits per heavy atom. The predicted octanol–water partition coefficient (Wildman–Crippen LogP) is 2.57. The van der Waals surface area contributed by atoms with Crippen LogP contribution in [-0.2, 0) is 24.2 Å². The Labute approximate surface area is 149 Å². The number of nitrogens with one attached hydrogen (secondary N) is 1. The minimum Gasteiger partial charge on any atom is -0.323 e. The van der Waals surface area contributed by atoms with Gasteiger partial charge >= 0.3 is 6.03 Å². The summed E-state index contributed by atoms with van der Waals surface area (Å²) in [5, 5.41) is 13.6. The van der Waals surface area contributed by atoms with Crippen molar-refractivity contribution in [2.45, 2.75) is 31.3 Å². The number of carbonyl (C=O) groups excluding carboxylic acids is 2. The van der Waals surface area contributed by atoms with Crippen LogP contribution in [0, 0.1) is 10.1 Å². The minimum absolute atomic E-state index is 0.0219. The maximum absolute atomic E-state index is 13.0. The summed E-state index contributed by atoms with van der Waals surface area (Å²) in [6.45, 7) is 0.103. The van der Waals surface area contributed by atoms with Crippen LogP contribution in [0.5, 0.6) is 0 Å². The van der Waals surface area contributed by atoms with Gasteiger partial charge in [-0.1, -0.05) is 36.4 Å². The molecule has 1 aliphatic carbocycles. The maximum atomic E-state index is 13.0. The zero-order valence-electron chi connectivity index (χ0n) is 14.0. The average molecular weight is 351 g/mol. The van der Waals surface area contributed by atoms with E-state index in [9.17, 15) is 19.7 Å². The summed E-state index contributed by atoms with van der Waals surface area (Å²) in [6.07, 6.45) is 1.81. The lowest BCUT2D eigenvalue weighted by molar-refractivity contribution is -0.384. The molecule has 0 saturated carbocycles. The second-order valence-electron chi connectivity index (χ2n) is 6.77. The molecule has 0 radical (unpaired) electrons. The van der Waals surface area contributed by atoms with Gasteiger partial charge in [0.1, 0.15) is 5.54 Å². The Hall–Kier alpha value is -3.22. The first-order chi connectivity index (χ1) is 12.5. The third-order valence-electron chi connectivity index (χ3n) is 5.17. The highest BCUT2D eigenvalue weighted by molar-refractivity contribution is 6.07. The molecule has 1 N–H and O–H groups in total. The van der Waals surface area contributed by atoms with Crippen LogP contribution in [0.25, 0.3) is 0 Å². The van der Waals surface area contributed by atoms with Gasteiger partial charge < -0.3 is 5.32 Å². The second kappa shape index (κ2) is 5.94. The first kappa shape index (κ1) is 16.3.